The summed E-state index contributed by atoms with van der Waals surface area (Å²) in [5.41, 5.74) is 1.30. The van der Waals surface area contributed by atoms with Gasteiger partial charge in [-0.25, -0.2) is 9.59 Å². The monoisotopic (exact) mass is 588 g/mol. The molecule has 228 valence electrons. The van der Waals surface area contributed by atoms with Gasteiger partial charge in [-0.3, -0.25) is 9.59 Å². The first-order chi connectivity index (χ1) is 20.6. The van der Waals surface area contributed by atoms with Gasteiger partial charge in [0.15, 0.2) is 0 Å². The Hall–Kier alpha value is -4.60. The van der Waals surface area contributed by atoms with Crippen LogP contribution in [0.15, 0.2) is 72.9 Å². The summed E-state index contributed by atoms with van der Waals surface area (Å²) in [7, 11) is 0. The van der Waals surface area contributed by atoms with E-state index in [1.807, 2.05) is 60.8 Å². The molecular weight excluding hydrogens is 548 g/mol. The summed E-state index contributed by atoms with van der Waals surface area (Å²) in [6.07, 6.45) is 7.09. The lowest BCUT2D eigenvalue weighted by molar-refractivity contribution is -0.131. The highest BCUT2D eigenvalue weighted by Gasteiger charge is 2.38. The standard InChI is InChI=1S/C33H40N4O6/c1-22-10-6-9-15-28(22)43-32(42)37-33(2,19-24-20-34-27-14-8-7-13-26(24)27)31(41)36-25(18-23-11-4-3-5-12-23)21-35-29(38)16-17-30(39)40/h3-5,7-8,11-14,16-17,20,22,25,28,34H,6,9-10,15,18-19,21H2,1-2H3,(H,35,38)(H,36,41)(H,37,42)(H,39,40)/t22?,25-,28-,33-/m1/s1. The number of benzene rings is 2. The number of ether oxygens (including phenoxy) is 1. The van der Waals surface area contributed by atoms with E-state index < -0.39 is 35.5 Å². The molecule has 1 aliphatic carbocycles. The highest BCUT2D eigenvalue weighted by atomic mass is 16.6. The summed E-state index contributed by atoms with van der Waals surface area (Å²) in [4.78, 5) is 53.6. The maximum Gasteiger partial charge on any atom is 0.408 e. The third kappa shape index (κ3) is 8.94. The second kappa shape index (κ2) is 14.5. The second-order valence-electron chi connectivity index (χ2n) is 11.5. The molecule has 1 fully saturated rings. The molecule has 0 bridgehead atoms. The zero-order valence-corrected chi connectivity index (χ0v) is 24.6. The summed E-state index contributed by atoms with van der Waals surface area (Å²) in [6, 6.07) is 16.7. The SMILES string of the molecule is CC1CCCC[C@H]1OC(=O)N[C@](C)(Cc1c[nH]c2ccccc12)C(=O)N[C@@H](CNC(=O)C=CC(=O)O)Cc1ccccc1. The number of aliphatic carboxylic acids is 1. The molecule has 4 rings (SSSR count). The Kier molecular flexibility index (Phi) is 10.6. The number of alkyl carbamates (subject to hydrolysis) is 1. The summed E-state index contributed by atoms with van der Waals surface area (Å²) >= 11 is 0. The molecule has 5 N–H and O–H groups in total. The molecule has 10 nitrogen and oxygen atoms in total. The van der Waals surface area contributed by atoms with E-state index >= 15 is 0 Å². The Balaban J connectivity index is 1.56. The van der Waals surface area contributed by atoms with Crippen LogP contribution in [-0.2, 0) is 32.0 Å². The lowest BCUT2D eigenvalue weighted by Crippen LogP contribution is -2.61. The van der Waals surface area contributed by atoms with Crippen LogP contribution in [0.1, 0.15) is 50.7 Å². The second-order valence-corrected chi connectivity index (χ2v) is 11.5. The van der Waals surface area contributed by atoms with Crippen molar-refractivity contribution in [2.24, 2.45) is 5.92 Å². The lowest BCUT2D eigenvalue weighted by atomic mass is 9.88. The number of hydrogen-bond acceptors (Lipinski definition) is 5. The van der Waals surface area contributed by atoms with E-state index in [0.29, 0.717) is 6.42 Å². The molecule has 0 radical (unpaired) electrons. The van der Waals surface area contributed by atoms with Crippen LogP contribution in [-0.4, -0.2) is 58.2 Å². The Morgan fingerprint density at radius 2 is 1.77 bits per heavy atom. The van der Waals surface area contributed by atoms with Crippen molar-refractivity contribution in [1.29, 1.82) is 0 Å². The van der Waals surface area contributed by atoms with Crippen molar-refractivity contribution in [2.75, 3.05) is 6.54 Å². The Morgan fingerprint density at radius 1 is 1.05 bits per heavy atom. The molecule has 3 amide bonds. The number of carboxylic acids is 1. The predicted molar refractivity (Wildman–Crippen MR) is 163 cm³/mol. The van der Waals surface area contributed by atoms with Gasteiger partial charge >= 0.3 is 12.1 Å². The third-order valence-corrected chi connectivity index (χ3v) is 7.95. The molecule has 3 aromatic rings. The minimum atomic E-state index is -1.40. The van der Waals surface area contributed by atoms with Crippen LogP contribution in [0.5, 0.6) is 0 Å². The van der Waals surface area contributed by atoms with E-state index in [9.17, 15) is 19.2 Å². The molecule has 10 heteroatoms. The number of carbonyl (C=O) groups is 4. The number of H-pyrrole nitrogens is 1. The summed E-state index contributed by atoms with van der Waals surface area (Å²) in [6.45, 7) is 3.78. The van der Waals surface area contributed by atoms with E-state index in [0.717, 1.165) is 59.9 Å². The smallest absolute Gasteiger partial charge is 0.408 e. The zero-order chi connectivity index (χ0) is 30.8. The van der Waals surface area contributed by atoms with Crippen LogP contribution in [0.2, 0.25) is 0 Å². The molecule has 0 spiro atoms. The molecule has 1 aromatic heterocycles. The molecule has 1 aliphatic rings. The molecule has 2 aromatic carbocycles. The van der Waals surface area contributed by atoms with Gasteiger partial charge in [0.05, 0.1) is 6.04 Å². The topological polar surface area (TPSA) is 150 Å². The highest BCUT2D eigenvalue weighted by Crippen LogP contribution is 2.27. The van der Waals surface area contributed by atoms with Crippen molar-refractivity contribution < 1.29 is 29.0 Å². The number of hydrogen-bond donors (Lipinski definition) is 5. The van der Waals surface area contributed by atoms with E-state index in [2.05, 4.69) is 27.9 Å². The molecule has 0 saturated heterocycles. The molecular formula is C33H40N4O6. The van der Waals surface area contributed by atoms with Crippen molar-refractivity contribution in [2.45, 2.75) is 70.1 Å². The Morgan fingerprint density at radius 3 is 2.51 bits per heavy atom. The molecule has 1 unspecified atom stereocenters. The number of amides is 3. The first-order valence-corrected chi connectivity index (χ1v) is 14.7. The van der Waals surface area contributed by atoms with Crippen molar-refractivity contribution >= 4 is 34.8 Å². The van der Waals surface area contributed by atoms with Crippen molar-refractivity contribution in [3.63, 3.8) is 0 Å². The number of carbonyl (C=O) groups excluding carboxylic acids is 3. The van der Waals surface area contributed by atoms with Gasteiger partial charge in [0.2, 0.25) is 11.8 Å². The van der Waals surface area contributed by atoms with E-state index in [1.165, 1.54) is 0 Å². The Bertz CT molecular complexity index is 1450. The van der Waals surface area contributed by atoms with Crippen LogP contribution < -0.4 is 16.0 Å². The first kappa shape index (κ1) is 31.3. The molecule has 1 saturated carbocycles. The van der Waals surface area contributed by atoms with Crippen molar-refractivity contribution in [3.05, 3.63) is 84.1 Å². The van der Waals surface area contributed by atoms with Crippen LogP contribution in [0.4, 0.5) is 4.79 Å². The van der Waals surface area contributed by atoms with Gasteiger partial charge in [0.1, 0.15) is 11.6 Å². The number of carboxylic acid groups (broad SMARTS) is 1. The summed E-state index contributed by atoms with van der Waals surface area (Å²) in [5, 5.41) is 18.3. The van der Waals surface area contributed by atoms with Crippen LogP contribution in [0.3, 0.4) is 0 Å². The Labute approximate surface area is 251 Å². The van der Waals surface area contributed by atoms with Gasteiger partial charge in [-0.15, -0.1) is 0 Å². The van der Waals surface area contributed by atoms with Gasteiger partial charge in [0.25, 0.3) is 0 Å². The van der Waals surface area contributed by atoms with Gasteiger partial charge in [-0.2, -0.15) is 0 Å². The number of para-hydroxylation sites is 1. The summed E-state index contributed by atoms with van der Waals surface area (Å²) in [5.74, 6) is -2.04. The number of aromatic amines is 1. The fourth-order valence-electron chi connectivity index (χ4n) is 5.54. The molecule has 43 heavy (non-hydrogen) atoms. The van der Waals surface area contributed by atoms with E-state index in [-0.39, 0.29) is 25.0 Å². The third-order valence-electron chi connectivity index (χ3n) is 7.95. The largest absolute Gasteiger partial charge is 0.478 e. The van der Waals surface area contributed by atoms with Crippen LogP contribution >= 0.6 is 0 Å². The predicted octanol–water partition coefficient (Wildman–Crippen LogP) is 4.26. The summed E-state index contributed by atoms with van der Waals surface area (Å²) < 4.78 is 5.83. The lowest BCUT2D eigenvalue weighted by Gasteiger charge is -2.34. The maximum absolute atomic E-state index is 14.1. The first-order valence-electron chi connectivity index (χ1n) is 14.7. The van der Waals surface area contributed by atoms with Gasteiger partial charge in [0, 0.05) is 42.2 Å². The van der Waals surface area contributed by atoms with Crippen LogP contribution in [0.25, 0.3) is 10.9 Å². The average Bonchev–Trinajstić information content (AvgIpc) is 3.38. The quantitative estimate of drug-likeness (QED) is 0.200. The molecule has 1 heterocycles. The minimum absolute atomic E-state index is 0.0383. The van der Waals surface area contributed by atoms with E-state index in [1.54, 1.807) is 6.92 Å². The number of aromatic nitrogens is 1. The fourth-order valence-corrected chi connectivity index (χ4v) is 5.54. The number of fused-ring (bicyclic) bond motifs is 1. The van der Waals surface area contributed by atoms with Crippen molar-refractivity contribution in [1.82, 2.24) is 20.9 Å². The van der Waals surface area contributed by atoms with Crippen LogP contribution in [0, 0.1) is 5.92 Å². The van der Waals surface area contributed by atoms with Gasteiger partial charge in [-0.1, -0.05) is 61.9 Å². The molecule has 4 atom stereocenters. The zero-order valence-electron chi connectivity index (χ0n) is 24.6. The van der Waals surface area contributed by atoms with Gasteiger partial charge in [-0.05, 0) is 55.7 Å². The normalized spacial score (nSPS) is 18.8. The highest BCUT2D eigenvalue weighted by molar-refractivity contribution is 5.94. The fraction of sp³-hybridized carbons (Fsp3) is 0.394. The maximum atomic E-state index is 14.1. The minimum Gasteiger partial charge on any atom is -0.478 e. The van der Waals surface area contributed by atoms with Crippen molar-refractivity contribution in [3.8, 4) is 0 Å². The van der Waals surface area contributed by atoms with E-state index in [4.69, 9.17) is 9.84 Å². The molecule has 0 aliphatic heterocycles. The number of nitrogens with one attached hydrogen (secondary N) is 4. The van der Waals surface area contributed by atoms with Gasteiger partial charge < -0.3 is 30.8 Å². The number of rotatable bonds is 12. The average molecular weight is 589 g/mol.